The van der Waals surface area contributed by atoms with Crippen LogP contribution in [-0.4, -0.2) is 26.3 Å². The molecule has 1 amide bonds. The average Bonchev–Trinajstić information content (AvgIpc) is 3.18. The highest BCUT2D eigenvalue weighted by Gasteiger charge is 2.13. The highest BCUT2D eigenvalue weighted by Crippen LogP contribution is 2.21. The van der Waals surface area contributed by atoms with E-state index in [-0.39, 0.29) is 5.91 Å². The Hall–Kier alpha value is -4.52. The summed E-state index contributed by atoms with van der Waals surface area (Å²) in [6.45, 7) is 5.94. The molecular weight excluding hydrogens is 442 g/mol. The molecule has 2 aromatic rings. The van der Waals surface area contributed by atoms with Gasteiger partial charge in [-0.25, -0.2) is 0 Å². The number of hydrogen-bond acceptors (Lipinski definition) is 6. The van der Waals surface area contributed by atoms with Gasteiger partial charge in [0.1, 0.15) is 11.5 Å². The van der Waals surface area contributed by atoms with Crippen molar-refractivity contribution >= 4 is 18.2 Å². The van der Waals surface area contributed by atoms with E-state index in [0.717, 1.165) is 17.1 Å². The fraction of sp³-hybridized carbons (Fsp3) is 0.143. The molecule has 0 unspecified atom stereocenters. The van der Waals surface area contributed by atoms with Crippen molar-refractivity contribution in [3.8, 4) is 0 Å². The lowest BCUT2D eigenvalue weighted by atomic mass is 10.1. The van der Waals surface area contributed by atoms with Crippen molar-refractivity contribution in [1.29, 1.82) is 0 Å². The lowest BCUT2D eigenvalue weighted by Gasteiger charge is -2.13. The molecule has 0 atom stereocenters. The van der Waals surface area contributed by atoms with Crippen LogP contribution in [0.1, 0.15) is 28.3 Å². The molecule has 180 valence electrons. The van der Waals surface area contributed by atoms with E-state index in [9.17, 15) is 4.79 Å². The minimum atomic E-state index is -0.266. The number of carbonyl (C=O) groups is 1. The van der Waals surface area contributed by atoms with Crippen molar-refractivity contribution < 1.29 is 18.7 Å². The van der Waals surface area contributed by atoms with Crippen molar-refractivity contribution in [3.05, 3.63) is 125 Å². The fourth-order valence-corrected chi connectivity index (χ4v) is 3.18. The molecule has 0 saturated heterocycles. The van der Waals surface area contributed by atoms with Crippen LogP contribution in [0.25, 0.3) is 6.08 Å². The third-order valence-electron chi connectivity index (χ3n) is 4.94. The number of allylic oxidation sites excluding steroid dienone is 6. The first-order valence-corrected chi connectivity index (χ1v) is 11.0. The van der Waals surface area contributed by atoms with Gasteiger partial charge in [-0.3, -0.25) is 10.2 Å². The van der Waals surface area contributed by atoms with Gasteiger partial charge in [-0.1, -0.05) is 30.9 Å². The van der Waals surface area contributed by atoms with Gasteiger partial charge < -0.3 is 19.2 Å². The summed E-state index contributed by atoms with van der Waals surface area (Å²) >= 11 is 0. The van der Waals surface area contributed by atoms with Crippen molar-refractivity contribution in [1.82, 2.24) is 10.7 Å². The molecule has 3 rings (SSSR count). The molecule has 0 spiro atoms. The zero-order valence-corrected chi connectivity index (χ0v) is 20.1. The first-order valence-electron chi connectivity index (χ1n) is 11.0. The van der Waals surface area contributed by atoms with Crippen molar-refractivity contribution in [2.75, 3.05) is 14.2 Å². The van der Waals surface area contributed by atoms with Crippen LogP contribution in [0.15, 0.2) is 117 Å². The number of aryl methyl sites for hydroxylation is 1. The SMILES string of the molecule is C=C(N/N=C\C=C\c1ccc(C)o1)/C(=C\C1=CCC=C(OC)C(OC)=C1)NC(=O)c1ccccc1. The molecule has 1 aliphatic rings. The second-order valence-corrected chi connectivity index (χ2v) is 7.48. The lowest BCUT2D eigenvalue weighted by molar-refractivity contribution is 0.0966. The van der Waals surface area contributed by atoms with Crippen molar-refractivity contribution in [2.24, 2.45) is 5.10 Å². The van der Waals surface area contributed by atoms with Crippen LogP contribution in [0.5, 0.6) is 0 Å². The van der Waals surface area contributed by atoms with Crippen LogP contribution < -0.4 is 10.7 Å². The maximum absolute atomic E-state index is 12.9. The number of carbonyl (C=O) groups excluding carboxylic acids is 1. The molecular formula is C28H29N3O4. The highest BCUT2D eigenvalue weighted by molar-refractivity contribution is 5.95. The molecule has 1 aromatic carbocycles. The number of ether oxygens (including phenoxy) is 2. The van der Waals surface area contributed by atoms with Gasteiger partial charge >= 0.3 is 0 Å². The van der Waals surface area contributed by atoms with Gasteiger partial charge in [-0.15, -0.1) is 0 Å². The standard InChI is InChI=1S/C28H29N3O4/c1-20-15-16-24(35-20)13-9-17-29-31-21(2)25(30-28(32)23-11-6-5-7-12-23)18-22-10-8-14-26(33-3)27(19-22)34-4/h5-7,9-19,31H,2,8H2,1,3-4H3,(H,30,32)/b13-9+,25-18+,29-17-. The number of rotatable bonds is 10. The molecule has 1 aliphatic carbocycles. The summed E-state index contributed by atoms with van der Waals surface area (Å²) in [4.78, 5) is 12.9. The van der Waals surface area contributed by atoms with Gasteiger partial charge in [-0.2, -0.15) is 5.10 Å². The topological polar surface area (TPSA) is 85.1 Å². The number of furan rings is 1. The smallest absolute Gasteiger partial charge is 0.255 e. The number of hydrogen-bond donors (Lipinski definition) is 2. The van der Waals surface area contributed by atoms with Gasteiger partial charge in [0, 0.05) is 11.8 Å². The summed E-state index contributed by atoms with van der Waals surface area (Å²) in [6, 6.07) is 12.7. The Morgan fingerprint density at radius 1 is 1.09 bits per heavy atom. The molecule has 0 saturated carbocycles. The van der Waals surface area contributed by atoms with Crippen molar-refractivity contribution in [2.45, 2.75) is 13.3 Å². The largest absolute Gasteiger partial charge is 0.493 e. The average molecular weight is 472 g/mol. The summed E-state index contributed by atoms with van der Waals surface area (Å²) in [5, 5.41) is 7.10. The number of amides is 1. The molecule has 1 aromatic heterocycles. The summed E-state index contributed by atoms with van der Waals surface area (Å²) in [5.74, 6) is 2.52. The van der Waals surface area contributed by atoms with Gasteiger partial charge in [0.25, 0.3) is 5.91 Å². The van der Waals surface area contributed by atoms with Crippen molar-refractivity contribution in [3.63, 3.8) is 0 Å². The third kappa shape index (κ3) is 7.50. The number of nitrogens with one attached hydrogen (secondary N) is 2. The number of methoxy groups -OCH3 is 2. The van der Waals surface area contributed by atoms with E-state index in [1.807, 2.05) is 55.5 Å². The third-order valence-corrected chi connectivity index (χ3v) is 4.94. The summed E-state index contributed by atoms with van der Waals surface area (Å²) < 4.78 is 16.3. The normalized spacial score (nSPS) is 14.1. The van der Waals surface area contributed by atoms with Crippen LogP contribution in [0.2, 0.25) is 0 Å². The highest BCUT2D eigenvalue weighted by atomic mass is 16.5. The second kappa shape index (κ2) is 12.6. The monoisotopic (exact) mass is 471 g/mol. The van der Waals surface area contributed by atoms with Gasteiger partial charge in [-0.05, 0) is 73.6 Å². The predicted molar refractivity (Wildman–Crippen MR) is 138 cm³/mol. The fourth-order valence-electron chi connectivity index (χ4n) is 3.18. The van der Waals surface area contributed by atoms with E-state index in [0.29, 0.717) is 34.9 Å². The summed E-state index contributed by atoms with van der Waals surface area (Å²) in [6.07, 6.45) is 13.3. The molecule has 7 nitrogen and oxygen atoms in total. The van der Waals surface area contributed by atoms with E-state index in [2.05, 4.69) is 22.4 Å². The molecule has 0 radical (unpaired) electrons. The van der Waals surface area contributed by atoms with Crippen LogP contribution >= 0.6 is 0 Å². The van der Waals surface area contributed by atoms with Gasteiger partial charge in [0.15, 0.2) is 11.5 Å². The van der Waals surface area contributed by atoms with Crippen LogP contribution in [0, 0.1) is 6.92 Å². The number of benzene rings is 1. The van der Waals surface area contributed by atoms with E-state index >= 15 is 0 Å². The predicted octanol–water partition coefficient (Wildman–Crippen LogP) is 5.39. The van der Waals surface area contributed by atoms with Crippen LogP contribution in [0.3, 0.4) is 0 Å². The van der Waals surface area contributed by atoms with Crippen LogP contribution in [-0.2, 0) is 9.47 Å². The molecule has 35 heavy (non-hydrogen) atoms. The number of hydrazone groups is 1. The Balaban J connectivity index is 1.79. The Morgan fingerprint density at radius 2 is 1.86 bits per heavy atom. The van der Waals surface area contributed by atoms with Gasteiger partial charge in [0.05, 0.1) is 25.6 Å². The maximum atomic E-state index is 12.9. The minimum absolute atomic E-state index is 0.266. The molecule has 0 fully saturated rings. The minimum Gasteiger partial charge on any atom is -0.493 e. The van der Waals surface area contributed by atoms with Gasteiger partial charge in [0.2, 0.25) is 0 Å². The zero-order valence-electron chi connectivity index (χ0n) is 20.1. The first kappa shape index (κ1) is 25.1. The molecule has 0 aliphatic heterocycles. The Labute approximate surface area is 205 Å². The second-order valence-electron chi connectivity index (χ2n) is 7.48. The zero-order chi connectivity index (χ0) is 25.0. The van der Waals surface area contributed by atoms with E-state index in [4.69, 9.17) is 13.9 Å². The molecule has 7 heteroatoms. The molecule has 1 heterocycles. The van der Waals surface area contributed by atoms with E-state index in [1.165, 1.54) is 0 Å². The Bertz CT molecular complexity index is 1230. The van der Waals surface area contributed by atoms with E-state index < -0.39 is 0 Å². The lowest BCUT2D eigenvalue weighted by Crippen LogP contribution is -2.26. The first-order chi connectivity index (χ1) is 17.0. The summed E-state index contributed by atoms with van der Waals surface area (Å²) in [5.41, 5.74) is 5.08. The maximum Gasteiger partial charge on any atom is 0.255 e. The molecule has 0 bridgehead atoms. The summed E-state index contributed by atoms with van der Waals surface area (Å²) in [7, 11) is 3.17. The quantitative estimate of drug-likeness (QED) is 0.276. The Kier molecular flexibility index (Phi) is 9.07. The van der Waals surface area contributed by atoms with Crippen LogP contribution in [0.4, 0.5) is 0 Å². The molecule has 2 N–H and O–H groups in total. The number of nitrogens with zero attached hydrogens (tertiary/aromatic N) is 1. The Morgan fingerprint density at radius 3 is 2.54 bits per heavy atom. The van der Waals surface area contributed by atoms with E-state index in [1.54, 1.807) is 50.8 Å².